The van der Waals surface area contributed by atoms with Crippen molar-refractivity contribution >= 4 is 40.3 Å². The largest absolute Gasteiger partial charge is 0.491 e. The van der Waals surface area contributed by atoms with Gasteiger partial charge in [-0.25, -0.2) is 9.07 Å². The SMILES string of the molecule is CCOc1ccc(-c2nn(-c3ccccc3)cc2C=C2SC(=S)N(C(C)C)C2=O)cc1F. The molecular weight excluding hydrogens is 445 g/mol. The van der Waals surface area contributed by atoms with Gasteiger partial charge in [0.2, 0.25) is 0 Å². The van der Waals surface area contributed by atoms with Gasteiger partial charge in [0.05, 0.1) is 17.2 Å². The lowest BCUT2D eigenvalue weighted by molar-refractivity contribution is -0.123. The molecule has 0 unspecified atom stereocenters. The minimum Gasteiger partial charge on any atom is -0.491 e. The van der Waals surface area contributed by atoms with Crippen LogP contribution in [0, 0.1) is 5.82 Å². The van der Waals surface area contributed by atoms with E-state index < -0.39 is 5.82 Å². The van der Waals surface area contributed by atoms with Crippen molar-refractivity contribution in [3.63, 3.8) is 0 Å². The minimum atomic E-state index is -0.462. The summed E-state index contributed by atoms with van der Waals surface area (Å²) in [5.74, 6) is -0.403. The Kier molecular flexibility index (Phi) is 6.43. The minimum absolute atomic E-state index is 0.0277. The van der Waals surface area contributed by atoms with Crippen LogP contribution in [-0.2, 0) is 4.79 Å². The zero-order valence-electron chi connectivity index (χ0n) is 17.9. The monoisotopic (exact) mass is 467 g/mol. The van der Waals surface area contributed by atoms with Gasteiger partial charge in [-0.05, 0) is 57.2 Å². The van der Waals surface area contributed by atoms with Crippen LogP contribution in [0.1, 0.15) is 26.3 Å². The van der Waals surface area contributed by atoms with E-state index in [-0.39, 0.29) is 17.7 Å². The number of thiocarbonyl (C=S) groups is 1. The molecule has 8 heteroatoms. The number of nitrogens with zero attached hydrogens (tertiary/aromatic N) is 3. The van der Waals surface area contributed by atoms with Crippen molar-refractivity contribution in [3.05, 3.63) is 71.0 Å². The van der Waals surface area contributed by atoms with Gasteiger partial charge in [-0.15, -0.1) is 0 Å². The lowest BCUT2D eigenvalue weighted by Crippen LogP contribution is -2.34. The maximum atomic E-state index is 14.6. The normalized spacial score (nSPS) is 15.3. The van der Waals surface area contributed by atoms with E-state index in [9.17, 15) is 9.18 Å². The van der Waals surface area contributed by atoms with Gasteiger partial charge >= 0.3 is 0 Å². The maximum absolute atomic E-state index is 14.6. The van der Waals surface area contributed by atoms with Gasteiger partial charge < -0.3 is 4.74 Å². The number of carbonyl (C=O) groups excluding carboxylic acids is 1. The first-order chi connectivity index (χ1) is 15.4. The molecule has 2 heterocycles. The Morgan fingerprint density at radius 3 is 2.59 bits per heavy atom. The zero-order chi connectivity index (χ0) is 22.8. The Bertz CT molecular complexity index is 1210. The number of para-hydroxylation sites is 1. The van der Waals surface area contributed by atoms with Gasteiger partial charge in [-0.3, -0.25) is 9.69 Å². The van der Waals surface area contributed by atoms with E-state index in [2.05, 4.69) is 0 Å². The van der Waals surface area contributed by atoms with Crippen molar-refractivity contribution < 1.29 is 13.9 Å². The van der Waals surface area contributed by atoms with Crippen LogP contribution in [0.3, 0.4) is 0 Å². The molecule has 0 N–H and O–H groups in total. The van der Waals surface area contributed by atoms with Crippen LogP contribution >= 0.6 is 24.0 Å². The summed E-state index contributed by atoms with van der Waals surface area (Å²) >= 11 is 6.66. The van der Waals surface area contributed by atoms with E-state index in [1.54, 1.807) is 34.7 Å². The second-order valence-corrected chi connectivity index (χ2v) is 9.11. The Hall–Kier alpha value is -2.97. The predicted molar refractivity (Wildman–Crippen MR) is 130 cm³/mol. The summed E-state index contributed by atoms with van der Waals surface area (Å²) in [4.78, 5) is 15.0. The average Bonchev–Trinajstić information content (AvgIpc) is 3.31. The van der Waals surface area contributed by atoms with E-state index in [0.29, 0.717) is 32.7 Å². The molecule has 5 nitrogen and oxygen atoms in total. The zero-order valence-corrected chi connectivity index (χ0v) is 19.5. The molecule has 1 aliphatic rings. The molecule has 1 aromatic heterocycles. The molecule has 2 aromatic carbocycles. The number of carbonyl (C=O) groups is 1. The van der Waals surface area contributed by atoms with Crippen molar-refractivity contribution in [1.29, 1.82) is 0 Å². The highest BCUT2D eigenvalue weighted by Crippen LogP contribution is 2.36. The van der Waals surface area contributed by atoms with Crippen LogP contribution in [0.5, 0.6) is 5.75 Å². The Balaban J connectivity index is 1.81. The second-order valence-electron chi connectivity index (χ2n) is 7.44. The third-order valence-electron chi connectivity index (χ3n) is 4.89. The van der Waals surface area contributed by atoms with Crippen LogP contribution in [0.2, 0.25) is 0 Å². The first-order valence-corrected chi connectivity index (χ1v) is 11.5. The summed E-state index contributed by atoms with van der Waals surface area (Å²) in [5, 5.41) is 4.71. The molecule has 1 fully saturated rings. The van der Waals surface area contributed by atoms with Crippen molar-refractivity contribution in [1.82, 2.24) is 14.7 Å². The first-order valence-electron chi connectivity index (χ1n) is 10.2. The van der Waals surface area contributed by atoms with E-state index in [0.717, 1.165) is 5.69 Å². The second kappa shape index (κ2) is 9.26. The molecule has 4 rings (SSSR count). The highest BCUT2D eigenvalue weighted by atomic mass is 32.2. The lowest BCUT2D eigenvalue weighted by atomic mass is 10.1. The number of hydrogen-bond donors (Lipinski definition) is 0. The highest BCUT2D eigenvalue weighted by molar-refractivity contribution is 8.26. The van der Waals surface area contributed by atoms with Gasteiger partial charge in [-0.2, -0.15) is 5.10 Å². The molecule has 0 aliphatic carbocycles. The molecule has 1 aliphatic heterocycles. The number of aromatic nitrogens is 2. The van der Waals surface area contributed by atoms with E-state index >= 15 is 0 Å². The molecular formula is C24H22FN3O2S2. The third kappa shape index (κ3) is 4.33. The van der Waals surface area contributed by atoms with Gasteiger partial charge in [-0.1, -0.05) is 42.2 Å². The molecule has 0 radical (unpaired) electrons. The van der Waals surface area contributed by atoms with Crippen molar-refractivity contribution in [2.75, 3.05) is 6.61 Å². The van der Waals surface area contributed by atoms with Crippen LogP contribution in [0.15, 0.2) is 59.6 Å². The van der Waals surface area contributed by atoms with Crippen LogP contribution in [-0.4, -0.2) is 37.6 Å². The summed E-state index contributed by atoms with van der Waals surface area (Å²) in [6.45, 7) is 6.03. The summed E-state index contributed by atoms with van der Waals surface area (Å²) in [6.07, 6.45) is 3.61. The molecule has 3 aromatic rings. The standard InChI is InChI=1S/C24H22FN3O2S2/c1-4-30-20-11-10-16(12-19(20)25)22-17(14-27(26-22)18-8-6-5-7-9-18)13-21-23(29)28(15(2)3)24(31)32-21/h5-15H,4H2,1-3H3. The molecule has 0 spiro atoms. The molecule has 1 saturated heterocycles. The number of rotatable bonds is 6. The fraction of sp³-hybridized carbons (Fsp3) is 0.208. The molecule has 0 saturated carbocycles. The number of thioether (sulfide) groups is 1. The Labute approximate surface area is 195 Å². The summed E-state index contributed by atoms with van der Waals surface area (Å²) < 4.78 is 22.2. The lowest BCUT2D eigenvalue weighted by Gasteiger charge is -2.18. The van der Waals surface area contributed by atoms with Crippen LogP contribution in [0.25, 0.3) is 23.0 Å². The van der Waals surface area contributed by atoms with Crippen molar-refractivity contribution in [2.24, 2.45) is 0 Å². The maximum Gasteiger partial charge on any atom is 0.266 e. The number of ether oxygens (including phenoxy) is 1. The number of hydrogen-bond acceptors (Lipinski definition) is 5. The van der Waals surface area contributed by atoms with Gasteiger partial charge in [0.1, 0.15) is 10.0 Å². The average molecular weight is 468 g/mol. The van der Waals surface area contributed by atoms with Gasteiger partial charge in [0.25, 0.3) is 5.91 Å². The molecule has 0 bridgehead atoms. The fourth-order valence-corrected chi connectivity index (χ4v) is 4.93. The smallest absolute Gasteiger partial charge is 0.266 e. The van der Waals surface area contributed by atoms with E-state index in [4.69, 9.17) is 22.1 Å². The topological polar surface area (TPSA) is 47.4 Å². The van der Waals surface area contributed by atoms with Crippen LogP contribution in [0.4, 0.5) is 4.39 Å². The molecule has 0 atom stereocenters. The quantitative estimate of drug-likeness (QED) is 0.344. The predicted octanol–water partition coefficient (Wildman–Crippen LogP) is 5.69. The third-order valence-corrected chi connectivity index (χ3v) is 6.23. The van der Waals surface area contributed by atoms with Crippen molar-refractivity contribution in [3.8, 4) is 22.7 Å². The number of amides is 1. The molecule has 164 valence electrons. The summed E-state index contributed by atoms with van der Waals surface area (Å²) in [5.41, 5.74) is 2.70. The number of benzene rings is 2. The van der Waals surface area contributed by atoms with E-state index in [1.807, 2.05) is 50.4 Å². The van der Waals surface area contributed by atoms with E-state index in [1.165, 1.54) is 17.8 Å². The van der Waals surface area contributed by atoms with Gasteiger partial charge in [0, 0.05) is 23.4 Å². The highest BCUT2D eigenvalue weighted by Gasteiger charge is 2.34. The Morgan fingerprint density at radius 1 is 1.22 bits per heavy atom. The fourth-order valence-electron chi connectivity index (χ4n) is 3.42. The van der Waals surface area contributed by atoms with Crippen molar-refractivity contribution in [2.45, 2.75) is 26.8 Å². The first kappa shape index (κ1) is 22.2. The van der Waals surface area contributed by atoms with Crippen LogP contribution < -0.4 is 4.74 Å². The summed E-state index contributed by atoms with van der Waals surface area (Å²) in [7, 11) is 0. The number of halogens is 1. The van der Waals surface area contributed by atoms with Gasteiger partial charge in [0.15, 0.2) is 11.6 Å². The molecule has 1 amide bonds. The Morgan fingerprint density at radius 2 is 1.97 bits per heavy atom. The molecule has 32 heavy (non-hydrogen) atoms. The summed E-state index contributed by atoms with van der Waals surface area (Å²) in [6, 6.07) is 14.4.